The van der Waals surface area contributed by atoms with Crippen LogP contribution in [0.5, 0.6) is 0 Å². The SMILES string of the molecule is CC(C)S(=O)(=O)CCN(C)c1ccncc1N. The van der Waals surface area contributed by atoms with Gasteiger partial charge in [-0.15, -0.1) is 0 Å². The lowest BCUT2D eigenvalue weighted by atomic mass is 10.3. The van der Waals surface area contributed by atoms with E-state index in [0.29, 0.717) is 12.2 Å². The number of pyridine rings is 1. The number of rotatable bonds is 5. The zero-order valence-corrected chi connectivity index (χ0v) is 11.2. The third kappa shape index (κ3) is 3.59. The molecule has 0 saturated carbocycles. The van der Waals surface area contributed by atoms with Crippen molar-refractivity contribution in [1.82, 2.24) is 4.98 Å². The van der Waals surface area contributed by atoms with E-state index < -0.39 is 9.84 Å². The molecule has 0 saturated heterocycles. The van der Waals surface area contributed by atoms with Crippen molar-refractivity contribution in [3.63, 3.8) is 0 Å². The van der Waals surface area contributed by atoms with E-state index in [1.807, 2.05) is 11.9 Å². The Kier molecular flexibility index (Phi) is 4.34. The molecule has 17 heavy (non-hydrogen) atoms. The number of sulfone groups is 1. The van der Waals surface area contributed by atoms with E-state index in [-0.39, 0.29) is 11.0 Å². The van der Waals surface area contributed by atoms with Crippen LogP contribution in [-0.4, -0.2) is 38.0 Å². The summed E-state index contributed by atoms with van der Waals surface area (Å²) in [5.41, 5.74) is 7.12. The van der Waals surface area contributed by atoms with Crippen LogP contribution in [0.2, 0.25) is 0 Å². The summed E-state index contributed by atoms with van der Waals surface area (Å²) in [7, 11) is -1.19. The minimum atomic E-state index is -3.01. The van der Waals surface area contributed by atoms with E-state index in [0.717, 1.165) is 5.69 Å². The molecule has 0 aliphatic rings. The largest absolute Gasteiger partial charge is 0.396 e. The van der Waals surface area contributed by atoms with Gasteiger partial charge in [0, 0.05) is 19.8 Å². The molecule has 0 aromatic carbocycles. The number of aromatic nitrogens is 1. The summed E-state index contributed by atoms with van der Waals surface area (Å²) in [5.74, 6) is 0.128. The Labute approximate surface area is 103 Å². The summed E-state index contributed by atoms with van der Waals surface area (Å²) in [6.45, 7) is 3.81. The first-order valence-electron chi connectivity index (χ1n) is 5.47. The molecular formula is C11H19N3O2S. The van der Waals surface area contributed by atoms with E-state index in [2.05, 4.69) is 4.98 Å². The van der Waals surface area contributed by atoms with Crippen molar-refractivity contribution in [2.24, 2.45) is 0 Å². The van der Waals surface area contributed by atoms with Gasteiger partial charge in [-0.3, -0.25) is 4.98 Å². The third-order valence-corrected chi connectivity index (χ3v) is 4.86. The summed E-state index contributed by atoms with van der Waals surface area (Å²) in [4.78, 5) is 5.72. The molecule has 0 atom stereocenters. The number of nitrogens with two attached hydrogens (primary N) is 1. The zero-order valence-electron chi connectivity index (χ0n) is 10.4. The van der Waals surface area contributed by atoms with Crippen molar-refractivity contribution in [3.8, 4) is 0 Å². The Morgan fingerprint density at radius 1 is 1.47 bits per heavy atom. The van der Waals surface area contributed by atoms with Gasteiger partial charge in [0.1, 0.15) is 0 Å². The van der Waals surface area contributed by atoms with Crippen LogP contribution in [0.15, 0.2) is 18.5 Å². The molecule has 2 N–H and O–H groups in total. The van der Waals surface area contributed by atoms with Gasteiger partial charge in [-0.05, 0) is 19.9 Å². The fourth-order valence-electron chi connectivity index (χ4n) is 1.37. The minimum Gasteiger partial charge on any atom is -0.396 e. The van der Waals surface area contributed by atoms with Gasteiger partial charge in [-0.25, -0.2) is 8.42 Å². The Bertz CT molecular complexity index is 471. The fourth-order valence-corrected chi connectivity index (χ4v) is 2.37. The molecule has 0 amide bonds. The number of nitrogen functional groups attached to an aromatic ring is 1. The van der Waals surface area contributed by atoms with Crippen LogP contribution in [0, 0.1) is 0 Å². The van der Waals surface area contributed by atoms with Crippen LogP contribution in [0.4, 0.5) is 11.4 Å². The monoisotopic (exact) mass is 257 g/mol. The predicted octanol–water partition coefficient (Wildman–Crippen LogP) is 0.923. The third-order valence-electron chi connectivity index (χ3n) is 2.67. The maximum atomic E-state index is 11.7. The highest BCUT2D eigenvalue weighted by Crippen LogP contribution is 2.19. The molecule has 0 aliphatic carbocycles. The molecule has 1 aromatic rings. The highest BCUT2D eigenvalue weighted by atomic mass is 32.2. The van der Waals surface area contributed by atoms with Gasteiger partial charge in [0.05, 0.1) is 28.6 Å². The Morgan fingerprint density at radius 3 is 2.65 bits per heavy atom. The molecule has 0 radical (unpaired) electrons. The molecule has 96 valence electrons. The van der Waals surface area contributed by atoms with Gasteiger partial charge in [0.25, 0.3) is 0 Å². The quantitative estimate of drug-likeness (QED) is 0.849. The van der Waals surface area contributed by atoms with Gasteiger partial charge < -0.3 is 10.6 Å². The smallest absolute Gasteiger partial charge is 0.154 e. The van der Waals surface area contributed by atoms with E-state index in [4.69, 9.17) is 5.73 Å². The lowest BCUT2D eigenvalue weighted by molar-refractivity contribution is 0.586. The second-order valence-corrected chi connectivity index (χ2v) is 6.95. The fraction of sp³-hybridized carbons (Fsp3) is 0.545. The Morgan fingerprint density at radius 2 is 2.12 bits per heavy atom. The molecule has 0 fully saturated rings. The average molecular weight is 257 g/mol. The number of hydrogen-bond donors (Lipinski definition) is 1. The van der Waals surface area contributed by atoms with E-state index >= 15 is 0 Å². The second-order valence-electron chi connectivity index (χ2n) is 4.27. The maximum absolute atomic E-state index is 11.7. The molecule has 0 spiro atoms. The Hall–Kier alpha value is -1.30. The molecule has 6 heteroatoms. The highest BCUT2D eigenvalue weighted by Gasteiger charge is 2.17. The van der Waals surface area contributed by atoms with Gasteiger partial charge in [0.2, 0.25) is 0 Å². The maximum Gasteiger partial charge on any atom is 0.154 e. The van der Waals surface area contributed by atoms with Crippen LogP contribution >= 0.6 is 0 Å². The van der Waals surface area contributed by atoms with Crippen molar-refractivity contribution in [1.29, 1.82) is 0 Å². The molecular weight excluding hydrogens is 238 g/mol. The lowest BCUT2D eigenvalue weighted by Gasteiger charge is -2.21. The van der Waals surface area contributed by atoms with Gasteiger partial charge in [0.15, 0.2) is 9.84 Å². The van der Waals surface area contributed by atoms with Crippen LogP contribution in [0.25, 0.3) is 0 Å². The molecule has 0 aliphatic heterocycles. The van der Waals surface area contributed by atoms with Crippen LogP contribution < -0.4 is 10.6 Å². The number of anilines is 2. The lowest BCUT2D eigenvalue weighted by Crippen LogP contribution is -2.29. The first kappa shape index (κ1) is 13.8. The standard InChI is InChI=1S/C11H19N3O2S/c1-9(2)17(15,16)7-6-14(3)11-4-5-13-8-10(11)12/h4-5,8-9H,6-7,12H2,1-3H3. The zero-order chi connectivity index (χ0) is 13.1. The highest BCUT2D eigenvalue weighted by molar-refractivity contribution is 7.92. The Balaban J connectivity index is 2.69. The van der Waals surface area contributed by atoms with Crippen LogP contribution in [-0.2, 0) is 9.84 Å². The summed E-state index contributed by atoms with van der Waals surface area (Å²) in [6, 6.07) is 1.78. The molecule has 0 unspecified atom stereocenters. The molecule has 1 heterocycles. The summed E-state index contributed by atoms with van der Waals surface area (Å²) < 4.78 is 23.4. The van der Waals surface area contributed by atoms with E-state index in [9.17, 15) is 8.42 Å². The topological polar surface area (TPSA) is 76.3 Å². The molecule has 1 aromatic heterocycles. The van der Waals surface area contributed by atoms with Crippen LogP contribution in [0.1, 0.15) is 13.8 Å². The van der Waals surface area contributed by atoms with Crippen molar-refractivity contribution < 1.29 is 8.42 Å². The minimum absolute atomic E-state index is 0.128. The molecule has 5 nitrogen and oxygen atoms in total. The van der Waals surface area contributed by atoms with Crippen molar-refractivity contribution >= 4 is 21.2 Å². The predicted molar refractivity (Wildman–Crippen MR) is 70.8 cm³/mol. The summed E-state index contributed by atoms with van der Waals surface area (Å²) >= 11 is 0. The number of nitrogens with zero attached hydrogens (tertiary/aromatic N) is 2. The van der Waals surface area contributed by atoms with Gasteiger partial charge >= 0.3 is 0 Å². The first-order valence-corrected chi connectivity index (χ1v) is 7.18. The first-order chi connectivity index (χ1) is 7.84. The molecule has 0 bridgehead atoms. The molecule has 1 rings (SSSR count). The van der Waals surface area contributed by atoms with Gasteiger partial charge in [-0.2, -0.15) is 0 Å². The van der Waals surface area contributed by atoms with Crippen molar-refractivity contribution in [2.75, 3.05) is 30.0 Å². The van der Waals surface area contributed by atoms with Crippen LogP contribution in [0.3, 0.4) is 0 Å². The summed E-state index contributed by atoms with van der Waals surface area (Å²) in [6.07, 6.45) is 3.20. The van der Waals surface area contributed by atoms with Crippen molar-refractivity contribution in [2.45, 2.75) is 19.1 Å². The van der Waals surface area contributed by atoms with E-state index in [1.54, 1.807) is 32.3 Å². The average Bonchev–Trinajstić information content (AvgIpc) is 2.26. The van der Waals surface area contributed by atoms with Crippen molar-refractivity contribution in [3.05, 3.63) is 18.5 Å². The van der Waals surface area contributed by atoms with Gasteiger partial charge in [-0.1, -0.05) is 0 Å². The second kappa shape index (κ2) is 5.35. The number of hydrogen-bond acceptors (Lipinski definition) is 5. The normalized spacial score (nSPS) is 11.8. The summed E-state index contributed by atoms with van der Waals surface area (Å²) in [5, 5.41) is -0.342. The van der Waals surface area contributed by atoms with E-state index in [1.165, 1.54) is 0 Å².